The molecule has 0 radical (unpaired) electrons. The number of benzene rings is 2. The number of nitrogens with zero attached hydrogens (tertiary/aromatic N) is 1. The van der Waals surface area contributed by atoms with Crippen LogP contribution in [0.3, 0.4) is 0 Å². The predicted molar refractivity (Wildman–Crippen MR) is 99.1 cm³/mol. The molecule has 1 amide bonds. The van der Waals surface area contributed by atoms with Crippen LogP contribution in [0.15, 0.2) is 69.9 Å². The number of nitrogens with one attached hydrogen (secondary N) is 1. The van der Waals surface area contributed by atoms with Gasteiger partial charge >= 0.3 is 5.63 Å². The second kappa shape index (κ2) is 7.21. The second-order valence-electron chi connectivity index (χ2n) is 5.99. The quantitative estimate of drug-likeness (QED) is 0.728. The van der Waals surface area contributed by atoms with Crippen molar-refractivity contribution in [2.45, 2.75) is 13.0 Å². The summed E-state index contributed by atoms with van der Waals surface area (Å²) >= 11 is 0. The average Bonchev–Trinajstić information content (AvgIpc) is 2.65. The van der Waals surface area contributed by atoms with Crippen LogP contribution in [0.4, 0.5) is 5.69 Å². The van der Waals surface area contributed by atoms with Gasteiger partial charge in [-0.15, -0.1) is 0 Å². The number of fused-ring (bicyclic) bond motifs is 1. The summed E-state index contributed by atoms with van der Waals surface area (Å²) in [5.74, 6) is -0.423. The molecule has 2 aromatic carbocycles. The van der Waals surface area contributed by atoms with E-state index in [2.05, 4.69) is 10.2 Å². The number of hydrogen-bond acceptors (Lipinski definition) is 4. The molecule has 1 N–H and O–H groups in total. The predicted octanol–water partition coefficient (Wildman–Crippen LogP) is 3.05. The first kappa shape index (κ1) is 16.8. The summed E-state index contributed by atoms with van der Waals surface area (Å²) in [6.45, 7) is 2.42. The van der Waals surface area contributed by atoms with E-state index in [1.165, 1.54) is 0 Å². The van der Waals surface area contributed by atoms with E-state index in [4.69, 9.17) is 4.42 Å². The summed E-state index contributed by atoms with van der Waals surface area (Å²) in [7, 11) is 1.97. The average molecular weight is 336 g/mol. The van der Waals surface area contributed by atoms with Crippen molar-refractivity contribution in [3.05, 3.63) is 76.6 Å². The Morgan fingerprint density at radius 1 is 1.12 bits per heavy atom. The van der Waals surface area contributed by atoms with Crippen molar-refractivity contribution in [1.29, 1.82) is 0 Å². The van der Waals surface area contributed by atoms with Gasteiger partial charge in [0.1, 0.15) is 11.1 Å². The number of rotatable bonds is 5. The highest BCUT2D eigenvalue weighted by Crippen LogP contribution is 2.14. The van der Waals surface area contributed by atoms with E-state index < -0.39 is 11.5 Å². The lowest BCUT2D eigenvalue weighted by molar-refractivity contribution is 0.0948. The van der Waals surface area contributed by atoms with Gasteiger partial charge in [-0.05, 0) is 31.2 Å². The van der Waals surface area contributed by atoms with Gasteiger partial charge in [0.25, 0.3) is 5.91 Å². The van der Waals surface area contributed by atoms with Gasteiger partial charge in [-0.1, -0.05) is 36.4 Å². The molecule has 0 saturated carbocycles. The zero-order valence-electron chi connectivity index (χ0n) is 14.2. The Hall–Kier alpha value is -3.08. The highest BCUT2D eigenvalue weighted by molar-refractivity contribution is 5.96. The van der Waals surface area contributed by atoms with Gasteiger partial charge in [0.15, 0.2) is 0 Å². The molecule has 1 aromatic heterocycles. The number of para-hydroxylation sites is 2. The minimum absolute atomic E-state index is 0.0215. The lowest BCUT2D eigenvalue weighted by Crippen LogP contribution is -2.41. The molecule has 128 valence electrons. The van der Waals surface area contributed by atoms with Gasteiger partial charge in [-0.3, -0.25) is 4.79 Å². The van der Waals surface area contributed by atoms with Crippen LogP contribution in [0.25, 0.3) is 11.0 Å². The zero-order chi connectivity index (χ0) is 17.8. The Morgan fingerprint density at radius 2 is 1.80 bits per heavy atom. The van der Waals surface area contributed by atoms with Gasteiger partial charge in [0, 0.05) is 30.7 Å². The fourth-order valence-electron chi connectivity index (χ4n) is 2.61. The third-order valence-electron chi connectivity index (χ3n) is 4.27. The molecular weight excluding hydrogens is 316 g/mol. The molecule has 5 nitrogen and oxygen atoms in total. The fraction of sp³-hybridized carbons (Fsp3) is 0.200. The van der Waals surface area contributed by atoms with Crippen molar-refractivity contribution < 1.29 is 9.21 Å². The Balaban J connectivity index is 1.70. The minimum Gasteiger partial charge on any atom is -0.422 e. The highest BCUT2D eigenvalue weighted by atomic mass is 16.4. The van der Waals surface area contributed by atoms with Crippen LogP contribution in [0.2, 0.25) is 0 Å². The molecule has 0 aliphatic rings. The molecule has 1 heterocycles. The van der Waals surface area contributed by atoms with Crippen molar-refractivity contribution in [3.63, 3.8) is 0 Å². The van der Waals surface area contributed by atoms with Crippen LogP contribution in [-0.4, -0.2) is 25.5 Å². The third kappa shape index (κ3) is 3.71. The maximum atomic E-state index is 12.4. The number of likely N-dealkylation sites (N-methyl/N-ethyl adjacent to an activating group) is 1. The van der Waals surface area contributed by atoms with Crippen molar-refractivity contribution in [3.8, 4) is 0 Å². The fourth-order valence-corrected chi connectivity index (χ4v) is 2.61. The smallest absolute Gasteiger partial charge is 0.349 e. The van der Waals surface area contributed by atoms with Crippen molar-refractivity contribution in [2.24, 2.45) is 0 Å². The molecule has 1 atom stereocenters. The molecule has 0 fully saturated rings. The summed E-state index contributed by atoms with van der Waals surface area (Å²) < 4.78 is 5.21. The number of hydrogen-bond donors (Lipinski definition) is 1. The molecule has 0 saturated heterocycles. The monoisotopic (exact) mass is 336 g/mol. The number of anilines is 1. The first-order valence-corrected chi connectivity index (χ1v) is 8.15. The van der Waals surface area contributed by atoms with Gasteiger partial charge < -0.3 is 14.6 Å². The molecule has 0 bridgehead atoms. The maximum Gasteiger partial charge on any atom is 0.349 e. The van der Waals surface area contributed by atoms with Crippen LogP contribution in [0.1, 0.15) is 17.3 Å². The molecule has 25 heavy (non-hydrogen) atoms. The van der Waals surface area contributed by atoms with Gasteiger partial charge in [-0.25, -0.2) is 4.79 Å². The van der Waals surface area contributed by atoms with Crippen LogP contribution in [0, 0.1) is 0 Å². The molecule has 5 heteroatoms. The van der Waals surface area contributed by atoms with Gasteiger partial charge in [0.2, 0.25) is 0 Å². The Labute approximate surface area is 145 Å². The molecule has 3 rings (SSSR count). The summed E-state index contributed by atoms with van der Waals surface area (Å²) in [4.78, 5) is 26.5. The first-order valence-electron chi connectivity index (χ1n) is 8.15. The van der Waals surface area contributed by atoms with E-state index in [1.807, 2.05) is 50.4 Å². The lowest BCUT2D eigenvalue weighted by Gasteiger charge is -2.27. The topological polar surface area (TPSA) is 62.6 Å². The Kier molecular flexibility index (Phi) is 4.84. The third-order valence-corrected chi connectivity index (χ3v) is 4.27. The van der Waals surface area contributed by atoms with Crippen molar-refractivity contribution in [1.82, 2.24) is 5.32 Å². The molecular formula is C20H20N2O3. The Morgan fingerprint density at radius 3 is 2.56 bits per heavy atom. The summed E-state index contributed by atoms with van der Waals surface area (Å²) in [6, 6.07) is 18.7. The zero-order valence-corrected chi connectivity index (χ0v) is 14.2. The van der Waals surface area contributed by atoms with Gasteiger partial charge in [0.05, 0.1) is 0 Å². The van der Waals surface area contributed by atoms with Crippen molar-refractivity contribution in [2.75, 3.05) is 18.5 Å². The second-order valence-corrected chi connectivity index (χ2v) is 5.99. The van der Waals surface area contributed by atoms with E-state index in [0.717, 1.165) is 11.1 Å². The first-order chi connectivity index (χ1) is 12.1. The van der Waals surface area contributed by atoms with E-state index >= 15 is 0 Å². The van der Waals surface area contributed by atoms with E-state index in [1.54, 1.807) is 24.3 Å². The van der Waals surface area contributed by atoms with Crippen LogP contribution < -0.4 is 15.8 Å². The number of amides is 1. The van der Waals surface area contributed by atoms with Crippen LogP contribution >= 0.6 is 0 Å². The van der Waals surface area contributed by atoms with Gasteiger partial charge in [-0.2, -0.15) is 0 Å². The van der Waals surface area contributed by atoms with E-state index in [0.29, 0.717) is 12.1 Å². The summed E-state index contributed by atoms with van der Waals surface area (Å²) in [6.07, 6.45) is 0. The van der Waals surface area contributed by atoms with Crippen LogP contribution in [0.5, 0.6) is 0 Å². The molecule has 0 aliphatic heterocycles. The number of carbonyl (C=O) groups is 1. The summed E-state index contributed by atoms with van der Waals surface area (Å²) in [5.41, 5.74) is 0.934. The van der Waals surface area contributed by atoms with Crippen molar-refractivity contribution >= 4 is 22.6 Å². The normalized spacial score (nSPS) is 11.9. The maximum absolute atomic E-state index is 12.4. The largest absolute Gasteiger partial charge is 0.422 e. The van der Waals surface area contributed by atoms with E-state index in [-0.39, 0.29) is 11.6 Å². The standard InChI is InChI=1S/C20H20N2O3/c1-14(22(2)16-9-4-3-5-10-16)13-21-19(23)17-12-15-8-6-7-11-18(15)25-20(17)24/h3-12,14H,13H2,1-2H3,(H,21,23)/t14-/m0/s1. The highest BCUT2D eigenvalue weighted by Gasteiger charge is 2.16. The van der Waals surface area contributed by atoms with E-state index in [9.17, 15) is 9.59 Å². The Bertz CT molecular complexity index is 934. The SMILES string of the molecule is C[C@@H](CNC(=O)c1cc2ccccc2oc1=O)N(C)c1ccccc1. The van der Waals surface area contributed by atoms with Crippen LogP contribution in [-0.2, 0) is 0 Å². The lowest BCUT2D eigenvalue weighted by atomic mass is 10.1. The molecule has 3 aromatic rings. The molecule has 0 aliphatic carbocycles. The minimum atomic E-state index is -0.625. The summed E-state index contributed by atoms with van der Waals surface area (Å²) in [5, 5.41) is 3.54. The number of carbonyl (C=O) groups excluding carboxylic acids is 1. The molecule has 0 unspecified atom stereocenters. The molecule has 0 spiro atoms.